The van der Waals surface area contributed by atoms with Crippen LogP contribution in [0.2, 0.25) is 0 Å². The van der Waals surface area contributed by atoms with Crippen LogP contribution in [0.3, 0.4) is 0 Å². The van der Waals surface area contributed by atoms with E-state index in [9.17, 15) is 8.42 Å². The Kier molecular flexibility index (Phi) is 5.03. The fourth-order valence-electron chi connectivity index (χ4n) is 3.49. The summed E-state index contributed by atoms with van der Waals surface area (Å²) in [6.45, 7) is 4.76. The molecule has 0 unspecified atom stereocenters. The molecule has 1 saturated heterocycles. The van der Waals surface area contributed by atoms with Gasteiger partial charge >= 0.3 is 0 Å². The molecule has 4 rings (SSSR count). The van der Waals surface area contributed by atoms with Crippen LogP contribution in [-0.2, 0) is 10.0 Å². The van der Waals surface area contributed by atoms with Crippen molar-refractivity contribution in [3.63, 3.8) is 0 Å². The van der Waals surface area contributed by atoms with Crippen LogP contribution in [0.15, 0.2) is 57.9 Å². The van der Waals surface area contributed by atoms with Crippen molar-refractivity contribution in [3.8, 4) is 11.4 Å². The summed E-state index contributed by atoms with van der Waals surface area (Å²) in [5.41, 5.74) is 2.93. The van der Waals surface area contributed by atoms with Crippen molar-refractivity contribution >= 4 is 10.0 Å². The van der Waals surface area contributed by atoms with Gasteiger partial charge in [0.2, 0.25) is 21.7 Å². The highest BCUT2D eigenvalue weighted by molar-refractivity contribution is 7.89. The number of rotatable bonds is 4. The van der Waals surface area contributed by atoms with Crippen LogP contribution in [-0.4, -0.2) is 36.0 Å². The summed E-state index contributed by atoms with van der Waals surface area (Å²) in [5, 5.41) is 4.07. The normalized spacial score (nSPS) is 18.3. The summed E-state index contributed by atoms with van der Waals surface area (Å²) in [6, 6.07) is 14.9. The molecule has 6 nitrogen and oxygen atoms in total. The Labute approximate surface area is 165 Å². The molecule has 1 atom stereocenters. The van der Waals surface area contributed by atoms with E-state index >= 15 is 0 Å². The molecule has 3 aromatic rings. The Hall–Kier alpha value is -2.51. The molecular weight excluding hydrogens is 374 g/mol. The minimum Gasteiger partial charge on any atom is -0.339 e. The van der Waals surface area contributed by atoms with Gasteiger partial charge in [0.15, 0.2) is 0 Å². The molecule has 0 spiro atoms. The summed E-state index contributed by atoms with van der Waals surface area (Å²) in [6.07, 6.45) is 1.59. The van der Waals surface area contributed by atoms with Crippen molar-refractivity contribution in [1.29, 1.82) is 0 Å². The van der Waals surface area contributed by atoms with Crippen molar-refractivity contribution in [1.82, 2.24) is 14.4 Å². The molecule has 2 aromatic carbocycles. The van der Waals surface area contributed by atoms with Gasteiger partial charge in [0.25, 0.3) is 0 Å². The van der Waals surface area contributed by atoms with Gasteiger partial charge in [-0.1, -0.05) is 41.6 Å². The third kappa shape index (κ3) is 3.59. The van der Waals surface area contributed by atoms with Crippen LogP contribution >= 0.6 is 0 Å². The second kappa shape index (κ2) is 7.48. The standard InChI is InChI=1S/C21H23N3O3S/c1-15-10-11-19(13-16(15)2)28(25,26)24-12-6-9-18(14-24)21-22-20(23-27-21)17-7-4-3-5-8-17/h3-5,7-8,10-11,13,18H,6,9,12,14H2,1-2H3/t18-/m1/s1. The van der Waals surface area contributed by atoms with Gasteiger partial charge in [0.1, 0.15) is 0 Å². The zero-order chi connectivity index (χ0) is 19.7. The molecule has 28 heavy (non-hydrogen) atoms. The summed E-state index contributed by atoms with van der Waals surface area (Å²) in [7, 11) is -3.54. The van der Waals surface area contributed by atoms with E-state index in [0.29, 0.717) is 29.7 Å². The lowest BCUT2D eigenvalue weighted by Gasteiger charge is -2.30. The van der Waals surface area contributed by atoms with E-state index in [1.165, 1.54) is 4.31 Å². The first-order chi connectivity index (χ1) is 13.4. The van der Waals surface area contributed by atoms with Crippen molar-refractivity contribution in [2.24, 2.45) is 0 Å². The van der Waals surface area contributed by atoms with Crippen molar-refractivity contribution in [3.05, 3.63) is 65.5 Å². The Balaban J connectivity index is 1.56. The summed E-state index contributed by atoms with van der Waals surface area (Å²) >= 11 is 0. The van der Waals surface area contributed by atoms with E-state index in [4.69, 9.17) is 4.52 Å². The lowest BCUT2D eigenvalue weighted by Crippen LogP contribution is -2.39. The number of aryl methyl sites for hydroxylation is 2. The van der Waals surface area contributed by atoms with Gasteiger partial charge in [-0.3, -0.25) is 0 Å². The second-order valence-electron chi connectivity index (χ2n) is 7.27. The molecule has 0 radical (unpaired) electrons. The first-order valence-electron chi connectivity index (χ1n) is 9.41. The van der Waals surface area contributed by atoms with E-state index in [1.54, 1.807) is 12.1 Å². The number of benzene rings is 2. The van der Waals surface area contributed by atoms with E-state index in [1.807, 2.05) is 50.2 Å². The fourth-order valence-corrected chi connectivity index (χ4v) is 5.10. The summed E-state index contributed by atoms with van der Waals surface area (Å²) < 4.78 is 33.2. The Morgan fingerprint density at radius 1 is 1.07 bits per heavy atom. The van der Waals surface area contributed by atoms with Gasteiger partial charge in [-0.2, -0.15) is 9.29 Å². The summed E-state index contributed by atoms with van der Waals surface area (Å²) in [4.78, 5) is 4.86. The predicted octanol–water partition coefficient (Wildman–Crippen LogP) is 3.92. The molecular formula is C21H23N3O3S. The topological polar surface area (TPSA) is 76.3 Å². The smallest absolute Gasteiger partial charge is 0.243 e. The molecule has 0 amide bonds. The maximum atomic E-state index is 13.1. The molecule has 1 fully saturated rings. The number of piperidine rings is 1. The van der Waals surface area contributed by atoms with Gasteiger partial charge in [0.05, 0.1) is 10.8 Å². The number of nitrogens with zero attached hydrogens (tertiary/aromatic N) is 3. The first-order valence-corrected chi connectivity index (χ1v) is 10.9. The molecule has 0 saturated carbocycles. The zero-order valence-electron chi connectivity index (χ0n) is 16.0. The molecule has 0 N–H and O–H groups in total. The minimum absolute atomic E-state index is 0.0972. The predicted molar refractivity (Wildman–Crippen MR) is 106 cm³/mol. The highest BCUT2D eigenvalue weighted by atomic mass is 32.2. The van der Waals surface area contributed by atoms with E-state index in [-0.39, 0.29) is 5.92 Å². The molecule has 1 aliphatic heterocycles. The van der Waals surface area contributed by atoms with Crippen molar-refractivity contribution in [2.75, 3.05) is 13.1 Å². The van der Waals surface area contributed by atoms with Crippen LogP contribution in [0.5, 0.6) is 0 Å². The summed E-state index contributed by atoms with van der Waals surface area (Å²) in [5.74, 6) is 0.934. The lowest BCUT2D eigenvalue weighted by molar-refractivity contribution is 0.265. The van der Waals surface area contributed by atoms with Gasteiger partial charge < -0.3 is 4.52 Å². The highest BCUT2D eigenvalue weighted by Crippen LogP contribution is 2.31. The van der Waals surface area contributed by atoms with E-state index in [2.05, 4.69) is 10.1 Å². The number of hydrogen-bond donors (Lipinski definition) is 0. The third-order valence-electron chi connectivity index (χ3n) is 5.32. The molecule has 1 aromatic heterocycles. The monoisotopic (exact) mass is 397 g/mol. The van der Waals surface area contributed by atoms with Gasteiger partial charge in [0, 0.05) is 18.7 Å². The SMILES string of the molecule is Cc1ccc(S(=O)(=O)N2CCC[C@@H](c3nc(-c4ccccc4)no3)C2)cc1C. The third-order valence-corrected chi connectivity index (χ3v) is 7.18. The van der Waals surface area contributed by atoms with Crippen molar-refractivity contribution < 1.29 is 12.9 Å². The van der Waals surface area contributed by atoms with Gasteiger partial charge in [-0.15, -0.1) is 0 Å². The van der Waals surface area contributed by atoms with Crippen LogP contribution in [0, 0.1) is 13.8 Å². The Morgan fingerprint density at radius 3 is 2.61 bits per heavy atom. The van der Waals surface area contributed by atoms with Gasteiger partial charge in [-0.05, 0) is 49.9 Å². The molecule has 0 bridgehead atoms. The fraction of sp³-hybridized carbons (Fsp3) is 0.333. The van der Waals surface area contributed by atoms with E-state index in [0.717, 1.165) is 29.5 Å². The second-order valence-corrected chi connectivity index (χ2v) is 9.21. The van der Waals surface area contributed by atoms with Gasteiger partial charge in [-0.25, -0.2) is 8.42 Å². The number of sulfonamides is 1. The maximum absolute atomic E-state index is 13.1. The highest BCUT2D eigenvalue weighted by Gasteiger charge is 2.33. The van der Waals surface area contributed by atoms with Crippen molar-refractivity contribution in [2.45, 2.75) is 37.5 Å². The lowest BCUT2D eigenvalue weighted by atomic mass is 10.00. The maximum Gasteiger partial charge on any atom is 0.243 e. The average molecular weight is 398 g/mol. The van der Waals surface area contributed by atoms with Crippen LogP contribution in [0.25, 0.3) is 11.4 Å². The largest absolute Gasteiger partial charge is 0.339 e. The first kappa shape index (κ1) is 18.8. The van der Waals surface area contributed by atoms with E-state index < -0.39 is 10.0 Å². The minimum atomic E-state index is -3.54. The van der Waals surface area contributed by atoms with Crippen LogP contribution < -0.4 is 0 Å². The van der Waals surface area contributed by atoms with Crippen LogP contribution in [0.1, 0.15) is 35.8 Å². The molecule has 2 heterocycles. The molecule has 1 aliphatic rings. The average Bonchev–Trinajstić information content (AvgIpc) is 3.21. The Bertz CT molecular complexity index is 1080. The molecule has 146 valence electrons. The quantitative estimate of drug-likeness (QED) is 0.667. The zero-order valence-corrected chi connectivity index (χ0v) is 16.8. The Morgan fingerprint density at radius 2 is 1.86 bits per heavy atom. The molecule has 7 heteroatoms. The van der Waals surface area contributed by atoms with Crippen LogP contribution in [0.4, 0.5) is 0 Å². The number of hydrogen-bond acceptors (Lipinski definition) is 5. The number of aromatic nitrogens is 2. The molecule has 0 aliphatic carbocycles.